The molecule has 0 N–H and O–H groups in total. The second-order valence-electron chi connectivity index (χ2n) is 7.46. The molecule has 0 aromatic carbocycles. The van der Waals surface area contributed by atoms with Crippen molar-refractivity contribution in [3.63, 3.8) is 0 Å². The van der Waals surface area contributed by atoms with E-state index in [0.29, 0.717) is 19.0 Å². The number of hydrogen-bond donors (Lipinski definition) is 0. The third-order valence-electron chi connectivity index (χ3n) is 3.70. The molecule has 7 heteroatoms. The molecule has 0 aliphatic carbocycles. The molecule has 23 heavy (non-hydrogen) atoms. The van der Waals surface area contributed by atoms with Crippen LogP contribution in [0.1, 0.15) is 59.2 Å². The van der Waals surface area contributed by atoms with E-state index in [1.165, 1.54) is 0 Å². The number of nitrogens with zero attached hydrogens (tertiary/aromatic N) is 4. The smallest absolute Gasteiger partial charge is 0.410 e. The van der Waals surface area contributed by atoms with Crippen molar-refractivity contribution in [2.24, 2.45) is 0 Å². The Morgan fingerprint density at radius 3 is 2.61 bits per heavy atom. The molecule has 1 saturated heterocycles. The SMILES string of the molecule is CC(C)c1noc(CN2CCN(C(=O)OC(C)(C)C)[C@@H](C)C2)n1. The molecule has 1 aliphatic rings. The minimum atomic E-state index is -0.467. The molecular formula is C16H28N4O3. The topological polar surface area (TPSA) is 71.7 Å². The van der Waals surface area contributed by atoms with E-state index in [1.54, 1.807) is 4.90 Å². The van der Waals surface area contributed by atoms with Gasteiger partial charge in [0.2, 0.25) is 5.89 Å². The Labute approximate surface area is 138 Å². The molecule has 2 rings (SSSR count). The van der Waals surface area contributed by atoms with Crippen LogP contribution >= 0.6 is 0 Å². The van der Waals surface area contributed by atoms with E-state index in [9.17, 15) is 4.79 Å². The zero-order valence-electron chi connectivity index (χ0n) is 15.0. The van der Waals surface area contributed by atoms with Crippen molar-refractivity contribution in [2.75, 3.05) is 19.6 Å². The predicted molar refractivity (Wildman–Crippen MR) is 86.1 cm³/mol. The Balaban J connectivity index is 1.89. The molecule has 0 unspecified atom stereocenters. The molecule has 7 nitrogen and oxygen atoms in total. The summed E-state index contributed by atoms with van der Waals surface area (Å²) in [6.45, 7) is 14.5. The summed E-state index contributed by atoms with van der Waals surface area (Å²) in [5.74, 6) is 1.63. The fraction of sp³-hybridized carbons (Fsp3) is 0.812. The minimum absolute atomic E-state index is 0.0890. The van der Waals surface area contributed by atoms with Crippen molar-refractivity contribution in [3.8, 4) is 0 Å². The summed E-state index contributed by atoms with van der Waals surface area (Å²) >= 11 is 0. The highest BCUT2D eigenvalue weighted by atomic mass is 16.6. The second kappa shape index (κ2) is 6.86. The van der Waals surface area contributed by atoms with Crippen LogP contribution in [0.2, 0.25) is 0 Å². The fourth-order valence-electron chi connectivity index (χ4n) is 2.53. The highest BCUT2D eigenvalue weighted by Gasteiger charge is 2.31. The Morgan fingerprint density at radius 1 is 1.39 bits per heavy atom. The molecule has 0 spiro atoms. The van der Waals surface area contributed by atoms with Crippen molar-refractivity contribution in [1.29, 1.82) is 0 Å². The molecule has 1 atom stereocenters. The number of ether oxygens (including phenoxy) is 1. The first-order chi connectivity index (χ1) is 10.7. The first-order valence-electron chi connectivity index (χ1n) is 8.20. The highest BCUT2D eigenvalue weighted by Crippen LogP contribution is 2.17. The van der Waals surface area contributed by atoms with Crippen LogP contribution in [0.25, 0.3) is 0 Å². The van der Waals surface area contributed by atoms with Crippen LogP contribution in [0, 0.1) is 0 Å². The standard InChI is InChI=1S/C16H28N4O3/c1-11(2)14-17-13(23-18-14)10-19-7-8-20(12(3)9-19)15(21)22-16(4,5)6/h11-12H,7-10H2,1-6H3/t12-/m0/s1. The summed E-state index contributed by atoms with van der Waals surface area (Å²) in [6, 6.07) is 0.0890. The number of hydrogen-bond acceptors (Lipinski definition) is 6. The Morgan fingerprint density at radius 2 is 2.09 bits per heavy atom. The van der Waals surface area contributed by atoms with Gasteiger partial charge in [-0.2, -0.15) is 4.98 Å². The van der Waals surface area contributed by atoms with Gasteiger partial charge >= 0.3 is 6.09 Å². The lowest BCUT2D eigenvalue weighted by atomic mass is 10.2. The van der Waals surface area contributed by atoms with Crippen LogP contribution in [-0.2, 0) is 11.3 Å². The van der Waals surface area contributed by atoms with Crippen molar-refractivity contribution < 1.29 is 14.1 Å². The Hall–Kier alpha value is -1.63. The van der Waals surface area contributed by atoms with Gasteiger partial charge in [-0.3, -0.25) is 4.90 Å². The highest BCUT2D eigenvalue weighted by molar-refractivity contribution is 5.68. The van der Waals surface area contributed by atoms with E-state index in [4.69, 9.17) is 9.26 Å². The van der Waals surface area contributed by atoms with Gasteiger partial charge in [0, 0.05) is 31.6 Å². The van der Waals surface area contributed by atoms with Gasteiger partial charge in [0.1, 0.15) is 5.60 Å². The van der Waals surface area contributed by atoms with E-state index in [2.05, 4.69) is 15.0 Å². The zero-order chi connectivity index (χ0) is 17.2. The van der Waals surface area contributed by atoms with Crippen molar-refractivity contribution in [3.05, 3.63) is 11.7 Å². The van der Waals surface area contributed by atoms with Gasteiger partial charge < -0.3 is 14.2 Å². The van der Waals surface area contributed by atoms with Gasteiger partial charge in [-0.05, 0) is 27.7 Å². The van der Waals surface area contributed by atoms with Crippen molar-refractivity contribution in [2.45, 2.75) is 65.6 Å². The number of piperazine rings is 1. The second-order valence-corrected chi connectivity index (χ2v) is 7.46. The lowest BCUT2D eigenvalue weighted by Crippen LogP contribution is -2.54. The largest absolute Gasteiger partial charge is 0.444 e. The van der Waals surface area contributed by atoms with Gasteiger partial charge in [-0.15, -0.1) is 0 Å². The van der Waals surface area contributed by atoms with Crippen molar-refractivity contribution >= 4 is 6.09 Å². The average Bonchev–Trinajstić information content (AvgIpc) is 2.85. The maximum atomic E-state index is 12.2. The molecule has 2 heterocycles. The van der Waals surface area contributed by atoms with E-state index >= 15 is 0 Å². The summed E-state index contributed by atoms with van der Waals surface area (Å²) in [6.07, 6.45) is -0.246. The van der Waals surface area contributed by atoms with E-state index in [0.717, 1.165) is 18.9 Å². The Bertz CT molecular complexity index is 536. The third kappa shape index (κ3) is 4.92. The molecule has 1 aromatic rings. The normalized spacial score (nSPS) is 20.1. The van der Waals surface area contributed by atoms with Crippen LogP contribution in [0.5, 0.6) is 0 Å². The first-order valence-corrected chi connectivity index (χ1v) is 8.20. The van der Waals surface area contributed by atoms with Gasteiger partial charge in [-0.1, -0.05) is 19.0 Å². The molecule has 1 amide bonds. The van der Waals surface area contributed by atoms with Gasteiger partial charge in [-0.25, -0.2) is 4.79 Å². The maximum absolute atomic E-state index is 12.2. The van der Waals surface area contributed by atoms with E-state index in [1.807, 2.05) is 41.5 Å². The zero-order valence-corrected chi connectivity index (χ0v) is 15.0. The van der Waals surface area contributed by atoms with E-state index < -0.39 is 5.60 Å². The van der Waals surface area contributed by atoms with Gasteiger partial charge in [0.25, 0.3) is 0 Å². The van der Waals surface area contributed by atoms with Crippen molar-refractivity contribution in [1.82, 2.24) is 19.9 Å². The van der Waals surface area contributed by atoms with Crippen LogP contribution in [0.4, 0.5) is 4.79 Å². The van der Waals surface area contributed by atoms with Crippen LogP contribution in [0.3, 0.4) is 0 Å². The molecule has 1 aliphatic heterocycles. The summed E-state index contributed by atoms with van der Waals surface area (Å²) in [5.41, 5.74) is -0.467. The third-order valence-corrected chi connectivity index (χ3v) is 3.70. The lowest BCUT2D eigenvalue weighted by molar-refractivity contribution is -0.000450. The molecule has 0 radical (unpaired) electrons. The number of carbonyl (C=O) groups is 1. The molecule has 130 valence electrons. The Kier molecular flexibility index (Phi) is 5.29. The summed E-state index contributed by atoms with van der Waals surface area (Å²) in [4.78, 5) is 20.6. The number of aromatic nitrogens is 2. The minimum Gasteiger partial charge on any atom is -0.444 e. The van der Waals surface area contributed by atoms with Crippen LogP contribution in [-0.4, -0.2) is 57.3 Å². The van der Waals surface area contributed by atoms with E-state index in [-0.39, 0.29) is 18.1 Å². The molecule has 0 bridgehead atoms. The number of amides is 1. The summed E-state index contributed by atoms with van der Waals surface area (Å²) < 4.78 is 10.8. The van der Waals surface area contributed by atoms with Gasteiger partial charge in [0.15, 0.2) is 5.82 Å². The molecule has 1 fully saturated rings. The average molecular weight is 324 g/mol. The lowest BCUT2D eigenvalue weighted by Gasteiger charge is -2.39. The van der Waals surface area contributed by atoms with Gasteiger partial charge in [0.05, 0.1) is 6.54 Å². The summed E-state index contributed by atoms with van der Waals surface area (Å²) in [7, 11) is 0. The first kappa shape index (κ1) is 17.7. The monoisotopic (exact) mass is 324 g/mol. The maximum Gasteiger partial charge on any atom is 0.410 e. The molecular weight excluding hydrogens is 296 g/mol. The number of carbonyl (C=O) groups excluding carboxylic acids is 1. The van der Waals surface area contributed by atoms with Crippen LogP contribution in [0.15, 0.2) is 4.52 Å². The molecule has 1 aromatic heterocycles. The summed E-state index contributed by atoms with van der Waals surface area (Å²) in [5, 5.41) is 3.99. The number of rotatable bonds is 3. The quantitative estimate of drug-likeness (QED) is 0.851. The van der Waals surface area contributed by atoms with Crippen LogP contribution < -0.4 is 0 Å². The fourth-order valence-corrected chi connectivity index (χ4v) is 2.53. The predicted octanol–water partition coefficient (Wildman–Crippen LogP) is 2.63. The molecule has 0 saturated carbocycles.